The topological polar surface area (TPSA) is 58.3 Å². The summed E-state index contributed by atoms with van der Waals surface area (Å²) in [5.74, 6) is 1.73. The standard InChI is InChI=1S/C21H24N6/c1-15-12-16(2)27(25-15)20-9-8-17(13-23-20)14-24-21(22-3)26-11-10-18-6-4-5-7-19(18)26/h4-9,12-13H,10-11,14H2,1-3H3,(H,22,24). The average Bonchev–Trinajstić information content (AvgIpc) is 3.26. The van der Waals surface area contributed by atoms with Gasteiger partial charge in [-0.25, -0.2) is 9.67 Å². The second kappa shape index (κ2) is 7.23. The molecule has 0 fully saturated rings. The number of anilines is 1. The third-order valence-corrected chi connectivity index (χ3v) is 4.84. The summed E-state index contributed by atoms with van der Waals surface area (Å²) in [6.45, 7) is 5.66. The molecule has 138 valence electrons. The molecule has 0 bridgehead atoms. The largest absolute Gasteiger partial charge is 0.352 e. The van der Waals surface area contributed by atoms with Gasteiger partial charge in [-0.1, -0.05) is 24.3 Å². The Hall–Kier alpha value is -3.15. The highest BCUT2D eigenvalue weighted by Gasteiger charge is 2.22. The second-order valence-electron chi connectivity index (χ2n) is 6.79. The van der Waals surface area contributed by atoms with Gasteiger partial charge >= 0.3 is 0 Å². The van der Waals surface area contributed by atoms with Crippen LogP contribution >= 0.6 is 0 Å². The van der Waals surface area contributed by atoms with Crippen LogP contribution in [0.15, 0.2) is 53.7 Å². The lowest BCUT2D eigenvalue weighted by atomic mass is 10.2. The van der Waals surface area contributed by atoms with E-state index in [1.165, 1.54) is 11.3 Å². The summed E-state index contributed by atoms with van der Waals surface area (Å²) in [7, 11) is 1.83. The minimum Gasteiger partial charge on any atom is -0.352 e. The molecule has 6 heteroatoms. The lowest BCUT2D eigenvalue weighted by Crippen LogP contribution is -2.40. The lowest BCUT2D eigenvalue weighted by molar-refractivity contribution is 0.799. The normalized spacial score (nSPS) is 13.7. The molecule has 0 amide bonds. The van der Waals surface area contributed by atoms with Crippen LogP contribution in [0.3, 0.4) is 0 Å². The predicted molar refractivity (Wildman–Crippen MR) is 109 cm³/mol. The van der Waals surface area contributed by atoms with Crippen molar-refractivity contribution in [2.45, 2.75) is 26.8 Å². The van der Waals surface area contributed by atoms with Crippen molar-refractivity contribution in [3.8, 4) is 5.82 Å². The SMILES string of the molecule is CN=C(NCc1ccc(-n2nc(C)cc2C)nc1)N1CCc2ccccc21. The number of guanidine groups is 1. The minimum absolute atomic E-state index is 0.676. The van der Waals surface area contributed by atoms with E-state index in [2.05, 4.69) is 61.7 Å². The highest BCUT2D eigenvalue weighted by Crippen LogP contribution is 2.27. The van der Waals surface area contributed by atoms with Gasteiger partial charge in [-0.15, -0.1) is 0 Å². The molecule has 0 spiro atoms. The monoisotopic (exact) mass is 360 g/mol. The van der Waals surface area contributed by atoms with E-state index in [1.807, 2.05) is 37.8 Å². The second-order valence-corrected chi connectivity index (χ2v) is 6.79. The number of para-hydroxylation sites is 1. The van der Waals surface area contributed by atoms with E-state index in [4.69, 9.17) is 0 Å². The molecule has 6 nitrogen and oxygen atoms in total. The molecule has 0 saturated heterocycles. The molecule has 27 heavy (non-hydrogen) atoms. The van der Waals surface area contributed by atoms with Gasteiger partial charge in [-0.2, -0.15) is 5.10 Å². The number of benzene rings is 1. The summed E-state index contributed by atoms with van der Waals surface area (Å²) in [5, 5.41) is 7.94. The van der Waals surface area contributed by atoms with Crippen LogP contribution in [0.25, 0.3) is 5.82 Å². The minimum atomic E-state index is 0.676. The predicted octanol–water partition coefficient (Wildman–Crippen LogP) is 3.02. The first kappa shape index (κ1) is 17.3. The van der Waals surface area contributed by atoms with Crippen molar-refractivity contribution in [3.05, 3.63) is 71.2 Å². The van der Waals surface area contributed by atoms with Crippen molar-refractivity contribution in [1.82, 2.24) is 20.1 Å². The van der Waals surface area contributed by atoms with E-state index in [1.54, 1.807) is 0 Å². The first-order valence-electron chi connectivity index (χ1n) is 9.20. The van der Waals surface area contributed by atoms with Crippen molar-refractivity contribution < 1.29 is 0 Å². The fourth-order valence-corrected chi connectivity index (χ4v) is 3.54. The quantitative estimate of drug-likeness (QED) is 0.576. The van der Waals surface area contributed by atoms with Gasteiger partial charge in [0.05, 0.1) is 5.69 Å². The maximum Gasteiger partial charge on any atom is 0.198 e. The molecule has 4 rings (SSSR count). The third-order valence-electron chi connectivity index (χ3n) is 4.84. The van der Waals surface area contributed by atoms with Crippen molar-refractivity contribution >= 4 is 11.6 Å². The van der Waals surface area contributed by atoms with Gasteiger partial charge in [0.25, 0.3) is 0 Å². The molecule has 3 heterocycles. The van der Waals surface area contributed by atoms with Gasteiger partial charge in [0.2, 0.25) is 0 Å². The van der Waals surface area contributed by atoms with E-state index < -0.39 is 0 Å². The van der Waals surface area contributed by atoms with Gasteiger partial charge in [-0.05, 0) is 49.6 Å². The highest BCUT2D eigenvalue weighted by molar-refractivity contribution is 5.97. The van der Waals surface area contributed by atoms with E-state index in [0.29, 0.717) is 6.54 Å². The molecule has 0 aliphatic carbocycles. The first-order valence-corrected chi connectivity index (χ1v) is 9.20. The molecular weight excluding hydrogens is 336 g/mol. The fourth-order valence-electron chi connectivity index (χ4n) is 3.54. The Bertz CT molecular complexity index is 971. The van der Waals surface area contributed by atoms with Crippen LogP contribution in [0, 0.1) is 13.8 Å². The summed E-state index contributed by atoms with van der Waals surface area (Å²) in [5.41, 5.74) is 5.79. The Morgan fingerprint density at radius 3 is 2.74 bits per heavy atom. The van der Waals surface area contributed by atoms with Crippen molar-refractivity contribution in [1.29, 1.82) is 0 Å². The summed E-state index contributed by atoms with van der Waals surface area (Å²) < 4.78 is 1.87. The van der Waals surface area contributed by atoms with E-state index in [0.717, 1.165) is 41.7 Å². The Kier molecular flexibility index (Phi) is 4.62. The van der Waals surface area contributed by atoms with Crippen molar-refractivity contribution in [3.63, 3.8) is 0 Å². The van der Waals surface area contributed by atoms with Crippen LogP contribution in [0.4, 0.5) is 5.69 Å². The van der Waals surface area contributed by atoms with E-state index in [-0.39, 0.29) is 0 Å². The molecule has 3 aromatic rings. The highest BCUT2D eigenvalue weighted by atomic mass is 15.3. The number of aromatic nitrogens is 3. The zero-order valence-electron chi connectivity index (χ0n) is 16.0. The smallest absolute Gasteiger partial charge is 0.198 e. The van der Waals surface area contributed by atoms with Gasteiger partial charge in [0.1, 0.15) is 0 Å². The van der Waals surface area contributed by atoms with Crippen LogP contribution in [-0.2, 0) is 13.0 Å². The Labute approximate surface area is 159 Å². The number of aryl methyl sites for hydroxylation is 2. The Morgan fingerprint density at radius 2 is 2.04 bits per heavy atom. The van der Waals surface area contributed by atoms with Gasteiger partial charge in [0.15, 0.2) is 11.8 Å². The van der Waals surface area contributed by atoms with Crippen LogP contribution < -0.4 is 10.2 Å². The first-order chi connectivity index (χ1) is 13.2. The molecule has 0 atom stereocenters. The van der Waals surface area contributed by atoms with Crippen molar-refractivity contribution in [2.24, 2.45) is 4.99 Å². The third kappa shape index (κ3) is 3.43. The van der Waals surface area contributed by atoms with Gasteiger partial charge < -0.3 is 10.2 Å². The maximum absolute atomic E-state index is 4.57. The zero-order chi connectivity index (χ0) is 18.8. The molecule has 2 aromatic heterocycles. The van der Waals surface area contributed by atoms with Gasteiger partial charge in [-0.3, -0.25) is 4.99 Å². The molecule has 1 aromatic carbocycles. The molecule has 0 unspecified atom stereocenters. The van der Waals surface area contributed by atoms with Crippen molar-refractivity contribution in [2.75, 3.05) is 18.5 Å². The number of fused-ring (bicyclic) bond motifs is 1. The fraction of sp³-hybridized carbons (Fsp3) is 0.286. The zero-order valence-corrected chi connectivity index (χ0v) is 16.0. The van der Waals surface area contributed by atoms with Crippen LogP contribution in [0.5, 0.6) is 0 Å². The number of nitrogens with zero attached hydrogens (tertiary/aromatic N) is 5. The van der Waals surface area contributed by atoms with Crippen LogP contribution in [0.2, 0.25) is 0 Å². The molecular formula is C21H24N6. The Balaban J connectivity index is 1.45. The Morgan fingerprint density at radius 1 is 1.19 bits per heavy atom. The van der Waals surface area contributed by atoms with E-state index >= 15 is 0 Å². The summed E-state index contributed by atoms with van der Waals surface area (Å²) in [6, 6.07) is 14.6. The number of hydrogen-bond donors (Lipinski definition) is 1. The molecule has 1 N–H and O–H groups in total. The lowest BCUT2D eigenvalue weighted by Gasteiger charge is -2.22. The number of hydrogen-bond acceptors (Lipinski definition) is 3. The number of rotatable bonds is 3. The molecule has 1 aliphatic rings. The summed E-state index contributed by atoms with van der Waals surface area (Å²) in [6.07, 6.45) is 2.94. The maximum atomic E-state index is 4.57. The number of pyridine rings is 1. The summed E-state index contributed by atoms with van der Waals surface area (Å²) in [4.78, 5) is 11.3. The number of nitrogens with one attached hydrogen (secondary N) is 1. The van der Waals surface area contributed by atoms with Crippen LogP contribution in [-0.4, -0.2) is 34.3 Å². The number of aliphatic imine (C=N–C) groups is 1. The molecule has 1 aliphatic heterocycles. The molecule has 0 radical (unpaired) electrons. The molecule has 0 saturated carbocycles. The summed E-state index contributed by atoms with van der Waals surface area (Å²) >= 11 is 0. The van der Waals surface area contributed by atoms with Crippen LogP contribution in [0.1, 0.15) is 22.5 Å². The average molecular weight is 360 g/mol. The van der Waals surface area contributed by atoms with E-state index in [9.17, 15) is 0 Å². The van der Waals surface area contributed by atoms with Gasteiger partial charge in [0, 0.05) is 37.7 Å².